The lowest BCUT2D eigenvalue weighted by atomic mass is 9.74. The first-order valence-corrected chi connectivity index (χ1v) is 17.0. The van der Waals surface area contributed by atoms with E-state index < -0.39 is 0 Å². The van der Waals surface area contributed by atoms with E-state index in [4.69, 9.17) is 4.99 Å². The summed E-state index contributed by atoms with van der Waals surface area (Å²) >= 11 is 0. The molecule has 2 aromatic carbocycles. The van der Waals surface area contributed by atoms with Crippen LogP contribution in [0.15, 0.2) is 131 Å². The molecule has 1 N–H and O–H groups in total. The fraction of sp³-hybridized carbons (Fsp3) is 0.310. The number of hydrogen-bond acceptors (Lipinski definition) is 2. The van der Waals surface area contributed by atoms with Gasteiger partial charge in [-0.05, 0) is 80.1 Å². The van der Waals surface area contributed by atoms with Crippen LogP contribution in [0.3, 0.4) is 0 Å². The Morgan fingerprint density at radius 3 is 2.42 bits per heavy atom. The van der Waals surface area contributed by atoms with Crippen molar-refractivity contribution in [3.8, 4) is 0 Å². The molecule has 45 heavy (non-hydrogen) atoms. The molecule has 4 aliphatic carbocycles. The molecule has 3 aromatic rings. The average Bonchev–Trinajstić information content (AvgIpc) is 3.44. The van der Waals surface area contributed by atoms with Crippen LogP contribution in [0.5, 0.6) is 0 Å². The first kappa shape index (κ1) is 28.1. The zero-order valence-corrected chi connectivity index (χ0v) is 26.3. The molecule has 1 aliphatic heterocycles. The molecular formula is C42H43N3. The topological polar surface area (TPSA) is 29.3 Å². The van der Waals surface area contributed by atoms with Gasteiger partial charge in [-0.25, -0.2) is 4.99 Å². The molecule has 226 valence electrons. The highest BCUT2D eigenvalue weighted by molar-refractivity contribution is 5.98. The highest BCUT2D eigenvalue weighted by atomic mass is 15.1. The van der Waals surface area contributed by atoms with E-state index in [1.54, 1.807) is 11.1 Å². The number of rotatable bonds is 6. The van der Waals surface area contributed by atoms with Gasteiger partial charge in [0.2, 0.25) is 0 Å². The fourth-order valence-electron chi connectivity index (χ4n) is 8.42. The molecule has 2 heterocycles. The molecule has 3 heteroatoms. The molecular weight excluding hydrogens is 546 g/mol. The van der Waals surface area contributed by atoms with Crippen molar-refractivity contribution in [2.75, 3.05) is 0 Å². The number of fused-ring (bicyclic) bond motifs is 3. The third kappa shape index (κ3) is 5.33. The molecule has 0 saturated carbocycles. The number of para-hydroxylation sites is 1. The van der Waals surface area contributed by atoms with E-state index in [2.05, 4.69) is 138 Å². The van der Waals surface area contributed by atoms with E-state index >= 15 is 0 Å². The lowest BCUT2D eigenvalue weighted by Crippen LogP contribution is -2.30. The molecule has 0 fully saturated rings. The van der Waals surface area contributed by atoms with Crippen LogP contribution in [0, 0.1) is 17.8 Å². The number of benzene rings is 2. The smallest absolute Gasteiger partial charge is 0.133 e. The Labute approximate surface area is 267 Å². The van der Waals surface area contributed by atoms with Gasteiger partial charge >= 0.3 is 0 Å². The highest BCUT2D eigenvalue weighted by Crippen LogP contribution is 2.45. The minimum atomic E-state index is 0.298. The van der Waals surface area contributed by atoms with Crippen LogP contribution in [0.1, 0.15) is 68.2 Å². The van der Waals surface area contributed by atoms with Gasteiger partial charge in [-0.15, -0.1) is 0 Å². The van der Waals surface area contributed by atoms with Gasteiger partial charge in [0.25, 0.3) is 0 Å². The molecule has 3 nitrogen and oxygen atoms in total. The molecule has 0 radical (unpaired) electrons. The molecule has 8 rings (SSSR count). The Balaban J connectivity index is 1.20. The minimum absolute atomic E-state index is 0.298. The third-order valence-corrected chi connectivity index (χ3v) is 10.6. The van der Waals surface area contributed by atoms with Gasteiger partial charge in [0, 0.05) is 46.4 Å². The normalized spacial score (nSPS) is 27.4. The Morgan fingerprint density at radius 2 is 1.62 bits per heavy atom. The predicted octanol–water partition coefficient (Wildman–Crippen LogP) is 9.93. The van der Waals surface area contributed by atoms with Gasteiger partial charge in [-0.3, -0.25) is 4.57 Å². The Bertz CT molecular complexity index is 1840. The summed E-state index contributed by atoms with van der Waals surface area (Å²) in [5.74, 6) is 3.09. The molecule has 0 amide bonds. The zero-order chi connectivity index (χ0) is 30.2. The standard InChI is InChI=1S/C42H43N3/c1-29-27-32(30-13-5-2-6-14-30)21-22-35(29)33-25-26-43-40(28-33)45-38-20-12-11-19-37(38)41-39(45)24-23-36(31-15-7-3-8-16-31)42(41)44-34-17-9-4-10-18-34/h2-15,17,19-20,22,26,28-29,31-34,44H,16,18,21,23-25,27H2,1H3. The monoisotopic (exact) mass is 589 g/mol. The van der Waals surface area contributed by atoms with Gasteiger partial charge in [0.1, 0.15) is 5.82 Å². The van der Waals surface area contributed by atoms with Crippen molar-refractivity contribution in [3.05, 3.63) is 143 Å². The first-order chi connectivity index (χ1) is 22.2. The van der Waals surface area contributed by atoms with Crippen LogP contribution in [0.25, 0.3) is 22.4 Å². The second kappa shape index (κ2) is 12.2. The van der Waals surface area contributed by atoms with Gasteiger partial charge in [0.15, 0.2) is 0 Å². The number of nitrogens with zero attached hydrogens (tertiary/aromatic N) is 2. The highest BCUT2D eigenvalue weighted by Gasteiger charge is 2.32. The SMILES string of the molecule is CC1CC(c2ccccc2)CC=C1C1C=C(n2c3c(c4ccccc42)C(NC2C=CC=CC2)=C(C2C=CC=CC2)CC3)N=CC1. The molecule has 5 unspecified atom stereocenters. The molecule has 0 bridgehead atoms. The van der Waals surface area contributed by atoms with Crippen molar-refractivity contribution in [2.45, 2.75) is 63.8 Å². The largest absolute Gasteiger partial charge is 0.378 e. The maximum absolute atomic E-state index is 5.11. The van der Waals surface area contributed by atoms with E-state index in [0.717, 1.165) is 44.3 Å². The van der Waals surface area contributed by atoms with E-state index in [1.165, 1.54) is 39.8 Å². The third-order valence-electron chi connectivity index (χ3n) is 10.6. The molecule has 0 spiro atoms. The Kier molecular flexibility index (Phi) is 7.62. The van der Waals surface area contributed by atoms with Crippen LogP contribution < -0.4 is 5.32 Å². The van der Waals surface area contributed by atoms with Gasteiger partial charge in [0.05, 0.1) is 5.52 Å². The minimum Gasteiger partial charge on any atom is -0.378 e. The van der Waals surface area contributed by atoms with Gasteiger partial charge in [-0.2, -0.15) is 0 Å². The summed E-state index contributed by atoms with van der Waals surface area (Å²) in [4.78, 5) is 5.11. The predicted molar refractivity (Wildman–Crippen MR) is 190 cm³/mol. The Morgan fingerprint density at radius 1 is 0.800 bits per heavy atom. The van der Waals surface area contributed by atoms with Crippen molar-refractivity contribution in [3.63, 3.8) is 0 Å². The second-order valence-corrected chi connectivity index (χ2v) is 13.4. The average molecular weight is 590 g/mol. The lowest BCUT2D eigenvalue weighted by Gasteiger charge is -2.33. The quantitative estimate of drug-likeness (QED) is 0.285. The van der Waals surface area contributed by atoms with Crippen LogP contribution in [0.4, 0.5) is 0 Å². The Hall–Kier alpha value is -4.37. The number of allylic oxidation sites excluding steroid dienone is 10. The summed E-state index contributed by atoms with van der Waals surface area (Å²) in [5, 5.41) is 5.38. The number of nitrogens with one attached hydrogen (secondary N) is 1. The summed E-state index contributed by atoms with van der Waals surface area (Å²) in [6.45, 7) is 2.43. The second-order valence-electron chi connectivity index (χ2n) is 13.4. The number of aliphatic imine (C=N–C) groups is 1. The van der Waals surface area contributed by atoms with Crippen molar-refractivity contribution >= 4 is 28.6 Å². The van der Waals surface area contributed by atoms with E-state index in [-0.39, 0.29) is 0 Å². The van der Waals surface area contributed by atoms with E-state index in [1.807, 2.05) is 0 Å². The van der Waals surface area contributed by atoms with E-state index in [0.29, 0.717) is 29.7 Å². The van der Waals surface area contributed by atoms with Crippen molar-refractivity contribution < 1.29 is 0 Å². The van der Waals surface area contributed by atoms with Gasteiger partial charge in [-0.1, -0.05) is 116 Å². The first-order valence-electron chi connectivity index (χ1n) is 17.0. The van der Waals surface area contributed by atoms with Crippen LogP contribution in [-0.2, 0) is 6.42 Å². The summed E-state index contributed by atoms with van der Waals surface area (Å²) in [7, 11) is 0. The summed E-state index contributed by atoms with van der Waals surface area (Å²) < 4.78 is 2.50. The van der Waals surface area contributed by atoms with Crippen LogP contribution >= 0.6 is 0 Å². The maximum atomic E-state index is 5.11. The lowest BCUT2D eigenvalue weighted by molar-refractivity contribution is 0.458. The summed E-state index contributed by atoms with van der Waals surface area (Å²) in [6, 6.07) is 20.4. The summed E-state index contributed by atoms with van der Waals surface area (Å²) in [5.41, 5.74) is 9.99. The molecule has 0 saturated heterocycles. The number of aromatic nitrogens is 1. The van der Waals surface area contributed by atoms with Crippen molar-refractivity contribution in [1.82, 2.24) is 9.88 Å². The van der Waals surface area contributed by atoms with Crippen LogP contribution in [0.2, 0.25) is 0 Å². The number of hydrogen-bond donors (Lipinski definition) is 1. The fourth-order valence-corrected chi connectivity index (χ4v) is 8.42. The van der Waals surface area contributed by atoms with E-state index in [9.17, 15) is 0 Å². The molecule has 5 aliphatic rings. The zero-order valence-electron chi connectivity index (χ0n) is 26.3. The maximum Gasteiger partial charge on any atom is 0.133 e. The molecule has 1 aromatic heterocycles. The van der Waals surface area contributed by atoms with Crippen molar-refractivity contribution in [1.29, 1.82) is 0 Å². The summed E-state index contributed by atoms with van der Waals surface area (Å²) in [6.07, 6.45) is 32.8. The van der Waals surface area contributed by atoms with Crippen LogP contribution in [-0.4, -0.2) is 16.8 Å². The molecule has 5 atom stereocenters. The van der Waals surface area contributed by atoms with Crippen molar-refractivity contribution in [2.24, 2.45) is 22.7 Å². The van der Waals surface area contributed by atoms with Gasteiger partial charge < -0.3 is 5.32 Å².